The molecule has 7 nitrogen and oxygen atoms in total. The van der Waals surface area contributed by atoms with Gasteiger partial charge < -0.3 is 4.74 Å². The second kappa shape index (κ2) is 7.84. The van der Waals surface area contributed by atoms with Crippen molar-refractivity contribution in [1.29, 1.82) is 5.26 Å². The summed E-state index contributed by atoms with van der Waals surface area (Å²) in [7, 11) is -3.65. The van der Waals surface area contributed by atoms with Gasteiger partial charge in [-0.2, -0.15) is 22.3 Å². The normalized spacial score (nSPS) is 22.9. The van der Waals surface area contributed by atoms with E-state index in [1.807, 2.05) is 26.0 Å². The molecule has 0 spiro atoms. The standard InChI is InChI=1S/C15H22N4O3S/c1-13-10-19(11-14(2)22-13)23(20,21)18(8-4-6-16)12-15-5-3-7-17-9-15/h3,5,7,9,13-14H,4,8,10-12H2,1-2H3. The zero-order valence-corrected chi connectivity index (χ0v) is 14.2. The van der Waals surface area contributed by atoms with E-state index in [9.17, 15) is 8.42 Å². The third-order valence-corrected chi connectivity index (χ3v) is 5.51. The van der Waals surface area contributed by atoms with Gasteiger partial charge in [0.1, 0.15) is 0 Å². The largest absolute Gasteiger partial charge is 0.373 e. The van der Waals surface area contributed by atoms with Crippen molar-refractivity contribution in [1.82, 2.24) is 13.6 Å². The molecule has 2 heterocycles. The molecule has 23 heavy (non-hydrogen) atoms. The summed E-state index contributed by atoms with van der Waals surface area (Å²) >= 11 is 0. The van der Waals surface area contributed by atoms with Crippen LogP contribution in [0.1, 0.15) is 25.8 Å². The summed E-state index contributed by atoms with van der Waals surface area (Å²) < 4.78 is 34.3. The van der Waals surface area contributed by atoms with Gasteiger partial charge in [-0.3, -0.25) is 4.98 Å². The van der Waals surface area contributed by atoms with E-state index in [-0.39, 0.29) is 31.7 Å². The van der Waals surface area contributed by atoms with Gasteiger partial charge in [0, 0.05) is 45.0 Å². The highest BCUT2D eigenvalue weighted by Gasteiger charge is 2.35. The van der Waals surface area contributed by atoms with E-state index in [4.69, 9.17) is 10.00 Å². The first-order valence-electron chi connectivity index (χ1n) is 7.60. The molecule has 1 aliphatic rings. The Morgan fingerprint density at radius 2 is 2.13 bits per heavy atom. The van der Waals surface area contributed by atoms with Gasteiger partial charge in [-0.25, -0.2) is 0 Å². The minimum Gasteiger partial charge on any atom is -0.373 e. The van der Waals surface area contributed by atoms with Crippen LogP contribution in [-0.2, 0) is 21.5 Å². The molecule has 126 valence electrons. The Hall–Kier alpha value is -1.53. The Morgan fingerprint density at radius 1 is 1.43 bits per heavy atom. The van der Waals surface area contributed by atoms with Crippen LogP contribution >= 0.6 is 0 Å². The third-order valence-electron chi connectivity index (χ3n) is 3.59. The van der Waals surface area contributed by atoms with Gasteiger partial charge >= 0.3 is 0 Å². The number of ether oxygens (including phenoxy) is 1. The Labute approximate surface area is 137 Å². The van der Waals surface area contributed by atoms with Gasteiger partial charge in [0.25, 0.3) is 10.2 Å². The zero-order chi connectivity index (χ0) is 16.9. The number of aromatic nitrogens is 1. The predicted octanol–water partition coefficient (Wildman–Crippen LogP) is 1.15. The Balaban J connectivity index is 2.20. The van der Waals surface area contributed by atoms with Gasteiger partial charge in [-0.1, -0.05) is 6.07 Å². The van der Waals surface area contributed by atoms with Crippen LogP contribution in [0.2, 0.25) is 0 Å². The van der Waals surface area contributed by atoms with Crippen molar-refractivity contribution in [3.8, 4) is 6.07 Å². The first-order chi connectivity index (χ1) is 10.9. The molecule has 1 aromatic heterocycles. The molecule has 0 N–H and O–H groups in total. The zero-order valence-electron chi connectivity index (χ0n) is 13.4. The van der Waals surface area contributed by atoms with Crippen molar-refractivity contribution in [3.63, 3.8) is 0 Å². The molecule has 1 aromatic rings. The number of hydrogen-bond acceptors (Lipinski definition) is 5. The summed E-state index contributed by atoms with van der Waals surface area (Å²) in [5, 5.41) is 8.82. The SMILES string of the molecule is CC1CN(S(=O)(=O)N(CCC#N)Cc2cccnc2)CC(C)O1. The number of pyridine rings is 1. The smallest absolute Gasteiger partial charge is 0.282 e. The molecular weight excluding hydrogens is 316 g/mol. The Morgan fingerprint density at radius 3 is 2.70 bits per heavy atom. The predicted molar refractivity (Wildman–Crippen MR) is 85.4 cm³/mol. The maximum atomic E-state index is 13.0. The minimum absolute atomic E-state index is 0.148. The number of nitriles is 1. The summed E-state index contributed by atoms with van der Waals surface area (Å²) in [4.78, 5) is 4.02. The van der Waals surface area contributed by atoms with Gasteiger partial charge in [-0.15, -0.1) is 0 Å². The lowest BCUT2D eigenvalue weighted by Gasteiger charge is -2.37. The molecule has 2 rings (SSSR count). The molecule has 8 heteroatoms. The molecule has 0 aliphatic carbocycles. The molecule has 2 atom stereocenters. The summed E-state index contributed by atoms with van der Waals surface area (Å²) in [6.07, 6.45) is 3.13. The molecule has 0 aromatic carbocycles. The van der Waals surface area contributed by atoms with E-state index in [0.29, 0.717) is 13.1 Å². The fourth-order valence-electron chi connectivity index (χ4n) is 2.63. The van der Waals surface area contributed by atoms with E-state index in [1.54, 1.807) is 18.5 Å². The van der Waals surface area contributed by atoms with Crippen molar-refractivity contribution >= 4 is 10.2 Å². The molecule has 0 saturated carbocycles. The minimum atomic E-state index is -3.65. The van der Waals surface area contributed by atoms with Gasteiger partial charge in [0.2, 0.25) is 0 Å². The van der Waals surface area contributed by atoms with E-state index < -0.39 is 10.2 Å². The van der Waals surface area contributed by atoms with Crippen LogP contribution < -0.4 is 0 Å². The summed E-state index contributed by atoms with van der Waals surface area (Å²) in [6.45, 7) is 4.73. The average molecular weight is 338 g/mol. The second-order valence-electron chi connectivity index (χ2n) is 5.69. The molecule has 2 unspecified atom stereocenters. The van der Waals surface area contributed by atoms with Crippen LogP contribution in [0.15, 0.2) is 24.5 Å². The van der Waals surface area contributed by atoms with E-state index >= 15 is 0 Å². The Bertz CT molecular complexity index is 634. The summed E-state index contributed by atoms with van der Waals surface area (Å²) in [5.74, 6) is 0. The fraction of sp³-hybridized carbons (Fsp3) is 0.600. The van der Waals surface area contributed by atoms with Crippen molar-refractivity contribution in [2.75, 3.05) is 19.6 Å². The van der Waals surface area contributed by atoms with Gasteiger partial charge in [0.15, 0.2) is 0 Å². The van der Waals surface area contributed by atoms with Crippen LogP contribution in [0.5, 0.6) is 0 Å². The molecule has 0 radical (unpaired) electrons. The highest BCUT2D eigenvalue weighted by atomic mass is 32.2. The topological polar surface area (TPSA) is 86.5 Å². The highest BCUT2D eigenvalue weighted by molar-refractivity contribution is 7.86. The molecule has 0 amide bonds. The Kier molecular flexibility index (Phi) is 6.07. The van der Waals surface area contributed by atoms with Crippen LogP contribution in [0.25, 0.3) is 0 Å². The number of morpholine rings is 1. The third kappa shape index (κ3) is 4.72. The van der Waals surface area contributed by atoms with Crippen molar-refractivity contribution in [2.45, 2.75) is 39.0 Å². The molecule has 1 aliphatic heterocycles. The maximum Gasteiger partial charge on any atom is 0.282 e. The van der Waals surface area contributed by atoms with Crippen LogP contribution in [0, 0.1) is 11.3 Å². The van der Waals surface area contributed by atoms with Crippen LogP contribution in [0.4, 0.5) is 0 Å². The lowest BCUT2D eigenvalue weighted by Crippen LogP contribution is -2.53. The summed E-state index contributed by atoms with van der Waals surface area (Å²) in [6, 6.07) is 5.60. The van der Waals surface area contributed by atoms with Gasteiger partial charge in [-0.05, 0) is 25.5 Å². The molecule has 1 fully saturated rings. The van der Waals surface area contributed by atoms with Gasteiger partial charge in [0.05, 0.1) is 18.3 Å². The number of hydrogen-bond donors (Lipinski definition) is 0. The highest BCUT2D eigenvalue weighted by Crippen LogP contribution is 2.19. The van der Waals surface area contributed by atoms with Crippen LogP contribution in [0.3, 0.4) is 0 Å². The first-order valence-corrected chi connectivity index (χ1v) is 8.99. The average Bonchev–Trinajstić information content (AvgIpc) is 2.51. The maximum absolute atomic E-state index is 13.0. The lowest BCUT2D eigenvalue weighted by molar-refractivity contribution is -0.0455. The second-order valence-corrected chi connectivity index (χ2v) is 7.61. The first kappa shape index (κ1) is 17.8. The monoisotopic (exact) mass is 338 g/mol. The van der Waals surface area contributed by atoms with E-state index in [1.165, 1.54) is 8.61 Å². The lowest BCUT2D eigenvalue weighted by atomic mass is 10.3. The van der Waals surface area contributed by atoms with Crippen molar-refractivity contribution in [3.05, 3.63) is 30.1 Å². The van der Waals surface area contributed by atoms with E-state index in [0.717, 1.165) is 5.56 Å². The number of rotatable bonds is 6. The van der Waals surface area contributed by atoms with Crippen molar-refractivity contribution < 1.29 is 13.2 Å². The number of nitrogens with zero attached hydrogens (tertiary/aromatic N) is 4. The molecule has 0 bridgehead atoms. The molecular formula is C15H22N4O3S. The quantitative estimate of drug-likeness (QED) is 0.776. The van der Waals surface area contributed by atoms with E-state index in [2.05, 4.69) is 4.98 Å². The fourth-order valence-corrected chi connectivity index (χ4v) is 4.39. The van der Waals surface area contributed by atoms with Crippen LogP contribution in [-0.4, -0.2) is 53.9 Å². The van der Waals surface area contributed by atoms with Crippen molar-refractivity contribution in [2.24, 2.45) is 0 Å². The molecule has 1 saturated heterocycles. The summed E-state index contributed by atoms with van der Waals surface area (Å²) in [5.41, 5.74) is 0.795.